The average molecular weight is 543 g/mol. The monoisotopic (exact) mass is 544 g/mol. The molecule has 1 heteroatoms. The van der Waals surface area contributed by atoms with E-state index < -0.39 is 0 Å². The van der Waals surface area contributed by atoms with Crippen molar-refractivity contribution in [2.75, 3.05) is 0 Å². The molecule has 4 aromatic rings. The van der Waals surface area contributed by atoms with Crippen LogP contribution in [0.2, 0.25) is 0 Å². The van der Waals surface area contributed by atoms with Crippen LogP contribution in [-0.2, 0) is 25.8 Å². The molecule has 0 aliphatic heterocycles. The Morgan fingerprint density at radius 2 is 0.483 bits per heavy atom. The summed E-state index contributed by atoms with van der Waals surface area (Å²) in [5.41, 5.74) is 5.16. The molecule has 0 saturated heterocycles. The van der Waals surface area contributed by atoms with Gasteiger partial charge in [0.1, 0.15) is 0 Å². The average Bonchev–Trinajstić information content (AvgIpc) is 2.72. The van der Waals surface area contributed by atoms with Crippen LogP contribution in [0.3, 0.4) is 0 Å². The normalized spacial score (nSPS) is 8.41. The number of aryl methyl sites for hydroxylation is 4. The van der Waals surface area contributed by atoms with E-state index in [1.807, 2.05) is 97.1 Å². The first-order valence-electron chi connectivity index (χ1n) is 9.29. The Balaban J connectivity index is 0.000000356. The van der Waals surface area contributed by atoms with E-state index in [4.69, 9.17) is 0 Å². The van der Waals surface area contributed by atoms with Crippen molar-refractivity contribution in [3.8, 4) is 0 Å². The van der Waals surface area contributed by atoms with Crippen LogP contribution in [0.4, 0.5) is 0 Å². The summed E-state index contributed by atoms with van der Waals surface area (Å²) in [6.07, 6.45) is 0. The second kappa shape index (κ2) is 17.8. The second-order valence-electron chi connectivity index (χ2n) is 6.31. The van der Waals surface area contributed by atoms with Gasteiger partial charge in [-0.25, -0.2) is 0 Å². The van der Waals surface area contributed by atoms with Crippen LogP contribution in [0, 0.1) is 52.0 Å². The van der Waals surface area contributed by atoms with Crippen molar-refractivity contribution in [1.82, 2.24) is 0 Å². The summed E-state index contributed by atoms with van der Waals surface area (Å²) >= 11 is 0. The van der Waals surface area contributed by atoms with Crippen LogP contribution < -0.4 is 0 Å². The Morgan fingerprint density at radius 1 is 0.345 bits per heavy atom. The maximum absolute atomic E-state index is 2.93. The molecule has 0 unspecified atom stereocenters. The third-order valence-corrected chi connectivity index (χ3v) is 3.54. The summed E-state index contributed by atoms with van der Waals surface area (Å²) in [5, 5.41) is 0. The molecule has 0 aliphatic rings. The third kappa shape index (κ3) is 16.4. The van der Waals surface area contributed by atoms with E-state index >= 15 is 0 Å². The topological polar surface area (TPSA) is 0 Å². The smallest absolute Gasteiger partial charge is 0.184 e. The second-order valence-corrected chi connectivity index (χ2v) is 6.31. The molecule has 29 heavy (non-hydrogen) atoms. The van der Waals surface area contributed by atoms with Crippen molar-refractivity contribution < 1.29 is 25.8 Å². The van der Waals surface area contributed by atoms with E-state index in [0.717, 1.165) is 0 Å². The Kier molecular flexibility index (Phi) is 16.4. The molecule has 0 N–H and O–H groups in total. The number of hydrogen-bond acceptors (Lipinski definition) is 0. The molecule has 0 saturated carbocycles. The van der Waals surface area contributed by atoms with Gasteiger partial charge in [0.15, 0.2) is 0 Å². The van der Waals surface area contributed by atoms with Gasteiger partial charge in [0.05, 0.1) is 0 Å². The summed E-state index contributed by atoms with van der Waals surface area (Å²) < 4.78 is 0. The molecule has 0 fully saturated rings. The van der Waals surface area contributed by atoms with Crippen LogP contribution in [0.1, 0.15) is 22.3 Å². The Hall–Kier alpha value is -2.25. The maximum Gasteiger partial charge on any atom is 4.00 e. The predicted octanol–water partition coefficient (Wildman–Crippen LogP) is 7.18. The SMILES string of the molecule is Cc1cc[c-]cc1.Cc1cc[c-]cc1.Cc1cc[c-]cc1.Cc1cc[c-]cc1.[Hf+4]. The van der Waals surface area contributed by atoms with E-state index in [0.29, 0.717) is 0 Å². The zero-order valence-electron chi connectivity index (χ0n) is 17.7. The standard InChI is InChI=1S/4C7H7.Hf/c4*1-7-5-3-2-4-6-7;/h4*3-6H,1H3;/q4*-1;+4. The zero-order chi connectivity index (χ0) is 20.5. The van der Waals surface area contributed by atoms with E-state index in [-0.39, 0.29) is 25.8 Å². The zero-order valence-corrected chi connectivity index (χ0v) is 21.3. The molecule has 4 aromatic carbocycles. The summed E-state index contributed by atoms with van der Waals surface area (Å²) in [6, 6.07) is 43.3. The number of benzene rings is 4. The van der Waals surface area contributed by atoms with Gasteiger partial charge in [0.2, 0.25) is 0 Å². The fraction of sp³-hybridized carbons (Fsp3) is 0.143. The molecule has 0 nitrogen and oxygen atoms in total. The van der Waals surface area contributed by atoms with Gasteiger partial charge in [0.25, 0.3) is 0 Å². The van der Waals surface area contributed by atoms with Gasteiger partial charge < -0.3 is 0 Å². The van der Waals surface area contributed by atoms with Gasteiger partial charge in [0, 0.05) is 0 Å². The maximum atomic E-state index is 2.93. The van der Waals surface area contributed by atoms with Crippen molar-refractivity contribution in [2.24, 2.45) is 0 Å². The Labute approximate surface area is 196 Å². The van der Waals surface area contributed by atoms with Gasteiger partial charge in [-0.2, -0.15) is 144 Å². The van der Waals surface area contributed by atoms with Gasteiger partial charge in [-0.3, -0.25) is 0 Å². The summed E-state index contributed by atoms with van der Waals surface area (Å²) in [6.45, 7) is 8.25. The van der Waals surface area contributed by atoms with Crippen LogP contribution in [0.15, 0.2) is 97.1 Å². The summed E-state index contributed by atoms with van der Waals surface area (Å²) in [4.78, 5) is 0. The molecule has 0 aromatic heterocycles. The van der Waals surface area contributed by atoms with Crippen LogP contribution in [0.5, 0.6) is 0 Å². The Bertz CT molecular complexity index is 676. The predicted molar refractivity (Wildman–Crippen MR) is 120 cm³/mol. The van der Waals surface area contributed by atoms with Crippen LogP contribution >= 0.6 is 0 Å². The minimum atomic E-state index is 0. The van der Waals surface area contributed by atoms with Gasteiger partial charge in [-0.05, 0) is 0 Å². The van der Waals surface area contributed by atoms with Crippen molar-refractivity contribution >= 4 is 0 Å². The largest absolute Gasteiger partial charge is 4.00 e. The molecule has 0 bridgehead atoms. The van der Waals surface area contributed by atoms with E-state index in [9.17, 15) is 0 Å². The van der Waals surface area contributed by atoms with E-state index in [2.05, 4.69) is 52.0 Å². The molecule has 0 amide bonds. The molecular formula is C28H28Hf. The van der Waals surface area contributed by atoms with Crippen molar-refractivity contribution in [3.63, 3.8) is 0 Å². The number of hydrogen-bond donors (Lipinski definition) is 0. The molecule has 0 radical (unpaired) electrons. The van der Waals surface area contributed by atoms with Crippen molar-refractivity contribution in [1.29, 1.82) is 0 Å². The molecular weight excluding hydrogens is 515 g/mol. The number of rotatable bonds is 0. The summed E-state index contributed by atoms with van der Waals surface area (Å²) in [7, 11) is 0. The molecule has 4 rings (SSSR count). The molecule has 0 aliphatic carbocycles. The van der Waals surface area contributed by atoms with E-state index in [1.54, 1.807) is 0 Å². The first-order valence-corrected chi connectivity index (χ1v) is 9.29. The summed E-state index contributed by atoms with van der Waals surface area (Å²) in [5.74, 6) is 0. The molecule has 0 spiro atoms. The minimum Gasteiger partial charge on any atom is -0.184 e. The van der Waals surface area contributed by atoms with Gasteiger partial charge in [-0.15, -0.1) is 0 Å². The van der Waals surface area contributed by atoms with Gasteiger partial charge in [-0.1, -0.05) is 27.7 Å². The first-order chi connectivity index (χ1) is 13.6. The molecule has 0 atom stereocenters. The minimum absolute atomic E-state index is 0. The Morgan fingerprint density at radius 3 is 0.552 bits per heavy atom. The van der Waals surface area contributed by atoms with Crippen LogP contribution in [-0.4, -0.2) is 0 Å². The fourth-order valence-electron chi connectivity index (χ4n) is 1.88. The molecule has 0 heterocycles. The van der Waals surface area contributed by atoms with Crippen LogP contribution in [0.25, 0.3) is 0 Å². The molecule has 144 valence electrons. The van der Waals surface area contributed by atoms with Crippen molar-refractivity contribution in [2.45, 2.75) is 27.7 Å². The third-order valence-electron chi connectivity index (χ3n) is 3.54. The van der Waals surface area contributed by atoms with Gasteiger partial charge >= 0.3 is 25.8 Å². The van der Waals surface area contributed by atoms with E-state index in [1.165, 1.54) is 22.3 Å². The first kappa shape index (κ1) is 26.8. The van der Waals surface area contributed by atoms with Crippen molar-refractivity contribution in [3.05, 3.63) is 144 Å². The fourth-order valence-corrected chi connectivity index (χ4v) is 1.88. The quantitative estimate of drug-likeness (QED) is 0.163.